The second-order valence-corrected chi connectivity index (χ2v) is 15.0. The molecule has 0 aliphatic heterocycles. The first kappa shape index (κ1) is 15.7. The van der Waals surface area contributed by atoms with Gasteiger partial charge in [-0.3, -0.25) is 0 Å². The monoisotopic (exact) mass is 300 g/mol. The van der Waals surface area contributed by atoms with E-state index in [1.54, 1.807) is 0 Å². The van der Waals surface area contributed by atoms with Crippen molar-refractivity contribution in [3.05, 3.63) is 23.7 Å². The van der Waals surface area contributed by atoms with Crippen molar-refractivity contribution in [2.75, 3.05) is 0 Å². The lowest BCUT2D eigenvalue weighted by Gasteiger charge is -2.16. The number of hydrogen-bond acceptors (Lipinski definition) is 5. The van der Waals surface area contributed by atoms with Gasteiger partial charge in [0.1, 0.15) is 0 Å². The summed E-state index contributed by atoms with van der Waals surface area (Å²) in [6.45, 7) is 11.4. The summed E-state index contributed by atoms with van der Waals surface area (Å²) in [5.74, 6) is -1.01. The lowest BCUT2D eigenvalue weighted by Crippen LogP contribution is -2.29. The van der Waals surface area contributed by atoms with E-state index >= 15 is 0 Å². The van der Waals surface area contributed by atoms with Gasteiger partial charge in [-0.1, -0.05) is 0 Å². The fraction of sp³-hybridized carbons (Fsp3) is 0.500. The van der Waals surface area contributed by atoms with Crippen molar-refractivity contribution in [2.24, 2.45) is 0 Å². The Morgan fingerprint density at radius 1 is 0.842 bits per heavy atom. The van der Waals surface area contributed by atoms with E-state index in [1.165, 1.54) is 12.1 Å². The zero-order valence-corrected chi connectivity index (χ0v) is 14.2. The molecule has 0 saturated carbocycles. The molecule has 0 aliphatic rings. The standard InChI is InChI=1S/C12H20O5Si2/c1-18(2,3)16-11(13)9-7-8-10(15-9)12(14)17-19(4,5)6/h7-8H,1-6H3. The summed E-state index contributed by atoms with van der Waals surface area (Å²) in [7, 11) is -3.96. The van der Waals surface area contributed by atoms with Crippen LogP contribution in [0.4, 0.5) is 0 Å². The highest BCUT2D eigenvalue weighted by molar-refractivity contribution is 6.71. The Morgan fingerprint density at radius 2 is 1.16 bits per heavy atom. The Morgan fingerprint density at radius 3 is 1.42 bits per heavy atom. The molecule has 0 bridgehead atoms. The van der Waals surface area contributed by atoms with E-state index < -0.39 is 28.6 Å². The van der Waals surface area contributed by atoms with Gasteiger partial charge in [0, 0.05) is 0 Å². The molecule has 0 radical (unpaired) electrons. The van der Waals surface area contributed by atoms with Crippen LogP contribution in [0.15, 0.2) is 16.5 Å². The maximum absolute atomic E-state index is 11.8. The highest BCUT2D eigenvalue weighted by Crippen LogP contribution is 2.15. The highest BCUT2D eigenvalue weighted by atomic mass is 28.4. The van der Waals surface area contributed by atoms with Gasteiger partial charge in [-0.05, 0) is 51.4 Å². The van der Waals surface area contributed by atoms with Crippen molar-refractivity contribution in [3.8, 4) is 0 Å². The van der Waals surface area contributed by atoms with Crippen molar-refractivity contribution in [1.82, 2.24) is 0 Å². The third kappa shape index (κ3) is 5.43. The van der Waals surface area contributed by atoms with Crippen LogP contribution in [-0.2, 0) is 8.85 Å². The van der Waals surface area contributed by atoms with Gasteiger partial charge in [0.05, 0.1) is 0 Å². The van der Waals surface area contributed by atoms with Gasteiger partial charge in [0.15, 0.2) is 0 Å². The summed E-state index contributed by atoms with van der Waals surface area (Å²) in [6.07, 6.45) is 0. The molecule has 0 unspecified atom stereocenters. The Balaban J connectivity index is 2.77. The first-order valence-corrected chi connectivity index (χ1v) is 12.9. The van der Waals surface area contributed by atoms with Crippen LogP contribution in [-0.4, -0.2) is 28.6 Å². The Labute approximate surface area is 115 Å². The molecular weight excluding hydrogens is 280 g/mol. The summed E-state index contributed by atoms with van der Waals surface area (Å²) >= 11 is 0. The van der Waals surface area contributed by atoms with Crippen LogP contribution in [0.5, 0.6) is 0 Å². The lowest BCUT2D eigenvalue weighted by molar-refractivity contribution is 0.0661. The zero-order valence-electron chi connectivity index (χ0n) is 12.2. The molecule has 0 N–H and O–H groups in total. The van der Waals surface area contributed by atoms with Crippen molar-refractivity contribution in [2.45, 2.75) is 39.3 Å². The number of rotatable bonds is 4. The van der Waals surface area contributed by atoms with Gasteiger partial charge in [-0.15, -0.1) is 0 Å². The molecule has 0 spiro atoms. The number of furan rings is 1. The lowest BCUT2D eigenvalue weighted by atomic mass is 10.4. The average Bonchev–Trinajstić information content (AvgIpc) is 2.60. The first-order valence-electron chi connectivity index (χ1n) is 6.04. The summed E-state index contributed by atoms with van der Waals surface area (Å²) < 4.78 is 15.8. The first-order chi connectivity index (χ1) is 8.48. The molecule has 0 aliphatic carbocycles. The maximum atomic E-state index is 11.8. The van der Waals surface area contributed by atoms with Crippen LogP contribution in [0, 0.1) is 0 Å². The van der Waals surface area contributed by atoms with Crippen LogP contribution in [0.3, 0.4) is 0 Å². The van der Waals surface area contributed by atoms with Crippen molar-refractivity contribution in [1.29, 1.82) is 0 Å². The van der Waals surface area contributed by atoms with Crippen LogP contribution >= 0.6 is 0 Å². The van der Waals surface area contributed by atoms with Gasteiger partial charge in [-0.25, -0.2) is 9.59 Å². The molecule has 5 nitrogen and oxygen atoms in total. The molecule has 1 rings (SSSR count). The van der Waals surface area contributed by atoms with Gasteiger partial charge in [0.2, 0.25) is 28.2 Å². The zero-order chi connectivity index (χ0) is 14.8. The minimum atomic E-state index is -1.98. The molecule has 0 fully saturated rings. The van der Waals surface area contributed by atoms with Crippen LogP contribution in [0.1, 0.15) is 21.1 Å². The third-order valence-corrected chi connectivity index (χ3v) is 3.40. The van der Waals surface area contributed by atoms with Gasteiger partial charge >= 0.3 is 11.9 Å². The minimum Gasteiger partial charge on any atom is -0.514 e. The Hall–Kier alpha value is -1.35. The van der Waals surface area contributed by atoms with E-state index in [9.17, 15) is 9.59 Å². The topological polar surface area (TPSA) is 65.7 Å². The molecule has 0 saturated heterocycles. The van der Waals surface area contributed by atoms with Gasteiger partial charge in [0.25, 0.3) is 0 Å². The molecule has 7 heteroatoms. The van der Waals surface area contributed by atoms with E-state index in [1.807, 2.05) is 39.3 Å². The summed E-state index contributed by atoms with van der Waals surface area (Å²) in [5, 5.41) is 0. The van der Waals surface area contributed by atoms with Crippen LogP contribution in [0.25, 0.3) is 0 Å². The minimum absolute atomic E-state index is 0.0324. The van der Waals surface area contributed by atoms with E-state index in [2.05, 4.69) is 0 Å². The highest BCUT2D eigenvalue weighted by Gasteiger charge is 2.26. The van der Waals surface area contributed by atoms with E-state index in [0.29, 0.717) is 0 Å². The number of carbonyl (C=O) groups is 2. The molecular formula is C12H20O5Si2. The molecule has 1 aromatic heterocycles. The molecule has 19 heavy (non-hydrogen) atoms. The van der Waals surface area contributed by atoms with Crippen molar-refractivity contribution < 1.29 is 22.9 Å². The second kappa shape index (κ2) is 5.34. The molecule has 1 aromatic rings. The summed E-state index contributed by atoms with van der Waals surface area (Å²) in [5.41, 5.74) is 0. The van der Waals surface area contributed by atoms with E-state index in [4.69, 9.17) is 13.3 Å². The predicted molar refractivity (Wildman–Crippen MR) is 76.2 cm³/mol. The predicted octanol–water partition coefficient (Wildman–Crippen LogP) is 3.26. The van der Waals surface area contributed by atoms with Crippen LogP contribution < -0.4 is 0 Å². The Kier molecular flexibility index (Phi) is 4.41. The fourth-order valence-corrected chi connectivity index (χ4v) is 2.53. The number of carbonyl (C=O) groups excluding carboxylic acids is 2. The normalized spacial score (nSPS) is 12.1. The molecule has 1 heterocycles. The molecule has 0 aromatic carbocycles. The Bertz CT molecular complexity index is 437. The maximum Gasteiger partial charge on any atom is 0.360 e. The van der Waals surface area contributed by atoms with Crippen molar-refractivity contribution >= 4 is 28.6 Å². The molecule has 0 atom stereocenters. The van der Waals surface area contributed by atoms with Crippen molar-refractivity contribution in [3.63, 3.8) is 0 Å². The molecule has 106 valence electrons. The van der Waals surface area contributed by atoms with E-state index in [-0.39, 0.29) is 11.5 Å². The molecule has 0 amide bonds. The SMILES string of the molecule is C[Si](C)(C)OC(=O)c1ccc(C(=O)O[Si](C)(C)C)o1. The third-order valence-electron chi connectivity index (χ3n) is 1.81. The quantitative estimate of drug-likeness (QED) is 0.798. The summed E-state index contributed by atoms with van der Waals surface area (Å²) in [6, 6.07) is 2.87. The van der Waals surface area contributed by atoms with Gasteiger partial charge < -0.3 is 13.3 Å². The van der Waals surface area contributed by atoms with E-state index in [0.717, 1.165) is 0 Å². The largest absolute Gasteiger partial charge is 0.514 e. The smallest absolute Gasteiger partial charge is 0.360 e. The fourth-order valence-electron chi connectivity index (χ4n) is 1.21. The second-order valence-electron chi connectivity index (χ2n) is 6.17. The van der Waals surface area contributed by atoms with Gasteiger partial charge in [-0.2, -0.15) is 0 Å². The summed E-state index contributed by atoms with van der Waals surface area (Å²) in [4.78, 5) is 23.5. The van der Waals surface area contributed by atoms with Crippen LogP contribution in [0.2, 0.25) is 39.3 Å². The average molecular weight is 300 g/mol. The number of hydrogen-bond donors (Lipinski definition) is 0.